The zero-order chi connectivity index (χ0) is 22.2. The highest BCUT2D eigenvalue weighted by molar-refractivity contribution is 7.88. The highest BCUT2D eigenvalue weighted by atomic mass is 32.2. The van der Waals surface area contributed by atoms with Gasteiger partial charge in [-0.05, 0) is 43.5 Å². The van der Waals surface area contributed by atoms with Crippen molar-refractivity contribution in [3.63, 3.8) is 0 Å². The number of amides is 1. The van der Waals surface area contributed by atoms with Crippen molar-refractivity contribution in [2.75, 3.05) is 39.5 Å². The fourth-order valence-electron chi connectivity index (χ4n) is 4.25. The van der Waals surface area contributed by atoms with Gasteiger partial charge < -0.3 is 14.2 Å². The van der Waals surface area contributed by atoms with Gasteiger partial charge in [0.1, 0.15) is 5.75 Å². The van der Waals surface area contributed by atoms with E-state index < -0.39 is 10.0 Å². The number of rotatable bonds is 6. The predicted octanol–water partition coefficient (Wildman–Crippen LogP) is 1.84. The smallest absolute Gasteiger partial charge is 0.254 e. The normalized spacial score (nSPS) is 18.7. The summed E-state index contributed by atoms with van der Waals surface area (Å²) in [6, 6.07) is 5.48. The van der Waals surface area contributed by atoms with Gasteiger partial charge >= 0.3 is 0 Å². The second-order valence-corrected chi connectivity index (χ2v) is 10.4. The number of aryl methyl sites for hydroxylation is 1. The zero-order valence-electron chi connectivity index (χ0n) is 18.1. The van der Waals surface area contributed by atoms with Crippen LogP contribution in [-0.4, -0.2) is 73.2 Å². The van der Waals surface area contributed by atoms with Crippen molar-refractivity contribution < 1.29 is 22.5 Å². The molecule has 0 N–H and O–H groups in total. The van der Waals surface area contributed by atoms with Crippen LogP contribution >= 0.6 is 0 Å². The first-order chi connectivity index (χ1) is 14.7. The molecule has 0 bridgehead atoms. The number of piperidine rings is 1. The molecule has 4 rings (SSSR count). The van der Waals surface area contributed by atoms with E-state index in [-0.39, 0.29) is 11.8 Å². The van der Waals surface area contributed by atoms with Crippen molar-refractivity contribution in [3.8, 4) is 5.75 Å². The summed E-state index contributed by atoms with van der Waals surface area (Å²) in [5.74, 6) is 2.42. The van der Waals surface area contributed by atoms with Gasteiger partial charge in [-0.3, -0.25) is 4.79 Å². The van der Waals surface area contributed by atoms with Gasteiger partial charge in [-0.2, -0.15) is 4.98 Å². The van der Waals surface area contributed by atoms with Gasteiger partial charge in [0, 0.05) is 50.0 Å². The molecule has 2 saturated heterocycles. The van der Waals surface area contributed by atoms with Crippen LogP contribution in [0.2, 0.25) is 0 Å². The van der Waals surface area contributed by atoms with Crippen molar-refractivity contribution >= 4 is 15.9 Å². The molecule has 2 aliphatic rings. The van der Waals surface area contributed by atoms with Gasteiger partial charge in [0.25, 0.3) is 5.91 Å². The van der Waals surface area contributed by atoms with E-state index in [1.54, 1.807) is 13.2 Å². The summed E-state index contributed by atoms with van der Waals surface area (Å²) in [5, 5.41) is 4.12. The molecule has 2 fully saturated rings. The van der Waals surface area contributed by atoms with E-state index in [9.17, 15) is 13.2 Å². The SMILES string of the molecule is COc1ccc(C(=O)N2CC(Cc3nc(C4CCN(S(C)(=O)=O)CC4)no3)C2)c(C)c1. The Morgan fingerprint density at radius 2 is 1.97 bits per heavy atom. The number of sulfonamides is 1. The largest absolute Gasteiger partial charge is 0.497 e. The molecule has 0 aliphatic carbocycles. The first kappa shape index (κ1) is 21.8. The lowest BCUT2D eigenvalue weighted by Gasteiger charge is -2.39. The minimum absolute atomic E-state index is 0.0280. The van der Waals surface area contributed by atoms with Gasteiger partial charge in [0.15, 0.2) is 5.82 Å². The number of hydrogen-bond donors (Lipinski definition) is 0. The molecule has 1 aromatic carbocycles. The lowest BCUT2D eigenvalue weighted by atomic mass is 9.94. The third-order valence-corrected chi connectivity index (χ3v) is 7.45. The molecule has 0 radical (unpaired) electrons. The maximum atomic E-state index is 12.7. The number of aromatic nitrogens is 2. The molecule has 3 heterocycles. The average Bonchev–Trinajstić information content (AvgIpc) is 3.18. The van der Waals surface area contributed by atoms with Crippen molar-refractivity contribution in [1.29, 1.82) is 0 Å². The van der Waals surface area contributed by atoms with Crippen LogP contribution in [0.5, 0.6) is 5.75 Å². The van der Waals surface area contributed by atoms with Crippen molar-refractivity contribution in [1.82, 2.24) is 19.3 Å². The Balaban J connectivity index is 1.28. The van der Waals surface area contributed by atoms with Gasteiger partial charge in [0.2, 0.25) is 15.9 Å². The quantitative estimate of drug-likeness (QED) is 0.664. The van der Waals surface area contributed by atoms with Gasteiger partial charge in [-0.1, -0.05) is 5.16 Å². The van der Waals surface area contributed by atoms with E-state index in [0.717, 1.165) is 11.3 Å². The molecule has 168 valence electrons. The first-order valence-electron chi connectivity index (χ1n) is 10.5. The van der Waals surface area contributed by atoms with Gasteiger partial charge in [-0.15, -0.1) is 0 Å². The van der Waals surface area contributed by atoms with Crippen molar-refractivity contribution in [2.45, 2.75) is 32.1 Å². The number of carbonyl (C=O) groups excluding carboxylic acids is 1. The molecule has 2 aliphatic heterocycles. The maximum Gasteiger partial charge on any atom is 0.254 e. The van der Waals surface area contributed by atoms with Crippen LogP contribution in [0.15, 0.2) is 22.7 Å². The summed E-state index contributed by atoms with van der Waals surface area (Å²) in [4.78, 5) is 19.1. The van der Waals surface area contributed by atoms with Crippen LogP contribution in [0.25, 0.3) is 0 Å². The van der Waals surface area contributed by atoms with Crippen LogP contribution in [0, 0.1) is 12.8 Å². The predicted molar refractivity (Wildman–Crippen MR) is 114 cm³/mol. The standard InChI is InChI=1S/C21H28N4O5S/c1-14-10-17(29-2)4-5-18(14)21(26)24-12-15(13-24)11-19-22-20(23-30-19)16-6-8-25(9-7-16)31(3,27)28/h4-5,10,15-16H,6-9,11-13H2,1-3H3. The van der Waals surface area contributed by atoms with Gasteiger partial charge in [-0.25, -0.2) is 12.7 Å². The number of hydrogen-bond acceptors (Lipinski definition) is 7. The Hall–Kier alpha value is -2.46. The van der Waals surface area contributed by atoms with Crippen LogP contribution in [0.3, 0.4) is 0 Å². The maximum absolute atomic E-state index is 12.7. The zero-order valence-corrected chi connectivity index (χ0v) is 18.9. The Labute approximate surface area is 182 Å². The van der Waals surface area contributed by atoms with E-state index in [0.29, 0.717) is 68.6 Å². The van der Waals surface area contributed by atoms with Crippen LogP contribution < -0.4 is 4.74 Å². The monoisotopic (exact) mass is 448 g/mol. The summed E-state index contributed by atoms with van der Waals surface area (Å²) < 4.78 is 35.4. The number of nitrogens with zero attached hydrogens (tertiary/aromatic N) is 4. The Morgan fingerprint density at radius 1 is 1.26 bits per heavy atom. The number of ether oxygens (including phenoxy) is 1. The van der Waals surface area contributed by atoms with E-state index in [2.05, 4.69) is 10.1 Å². The second-order valence-electron chi connectivity index (χ2n) is 8.44. The lowest BCUT2D eigenvalue weighted by molar-refractivity contribution is 0.0486. The Kier molecular flexibility index (Phi) is 6.02. The molecule has 2 aromatic rings. The minimum atomic E-state index is -3.15. The molecule has 1 aromatic heterocycles. The first-order valence-corrected chi connectivity index (χ1v) is 12.3. The number of likely N-dealkylation sites (tertiary alicyclic amines) is 1. The number of carbonyl (C=O) groups is 1. The Morgan fingerprint density at radius 3 is 2.58 bits per heavy atom. The topological polar surface area (TPSA) is 106 Å². The fraction of sp³-hybridized carbons (Fsp3) is 0.571. The van der Waals surface area contributed by atoms with E-state index in [1.165, 1.54) is 10.6 Å². The highest BCUT2D eigenvalue weighted by Gasteiger charge is 2.34. The third kappa shape index (κ3) is 4.74. The van der Waals surface area contributed by atoms with Crippen LogP contribution in [0.4, 0.5) is 0 Å². The van der Waals surface area contributed by atoms with Crippen molar-refractivity contribution in [3.05, 3.63) is 41.0 Å². The molecule has 1 amide bonds. The number of benzene rings is 1. The molecule has 9 nitrogen and oxygen atoms in total. The summed E-state index contributed by atoms with van der Waals surface area (Å²) in [5.41, 5.74) is 1.59. The molecule has 0 unspecified atom stereocenters. The van der Waals surface area contributed by atoms with Gasteiger partial charge in [0.05, 0.1) is 13.4 Å². The summed E-state index contributed by atoms with van der Waals surface area (Å²) in [6.07, 6.45) is 3.26. The van der Waals surface area contributed by atoms with E-state index in [4.69, 9.17) is 9.26 Å². The molecule has 31 heavy (non-hydrogen) atoms. The molecule has 0 spiro atoms. The molecule has 10 heteroatoms. The molecular formula is C21H28N4O5S. The van der Waals surface area contributed by atoms with E-state index in [1.807, 2.05) is 24.0 Å². The highest BCUT2D eigenvalue weighted by Crippen LogP contribution is 2.29. The molecule has 0 atom stereocenters. The third-order valence-electron chi connectivity index (χ3n) is 6.14. The minimum Gasteiger partial charge on any atom is -0.497 e. The molecular weight excluding hydrogens is 420 g/mol. The van der Waals surface area contributed by atoms with Crippen LogP contribution in [0.1, 0.15) is 46.4 Å². The summed E-state index contributed by atoms with van der Waals surface area (Å²) in [7, 11) is -1.54. The summed E-state index contributed by atoms with van der Waals surface area (Å²) in [6.45, 7) is 4.20. The van der Waals surface area contributed by atoms with Crippen molar-refractivity contribution in [2.24, 2.45) is 5.92 Å². The molecule has 0 saturated carbocycles. The second kappa shape index (κ2) is 8.58. The van der Waals surface area contributed by atoms with E-state index >= 15 is 0 Å². The van der Waals surface area contributed by atoms with Crippen LogP contribution in [-0.2, 0) is 16.4 Å². The lowest BCUT2D eigenvalue weighted by Crippen LogP contribution is -2.50. The average molecular weight is 449 g/mol. The fourth-order valence-corrected chi connectivity index (χ4v) is 5.12. The summed E-state index contributed by atoms with van der Waals surface area (Å²) >= 11 is 0. The Bertz CT molecular complexity index is 1050. The number of methoxy groups -OCH3 is 1.